The zero-order valence-corrected chi connectivity index (χ0v) is 32.6. The predicted octanol–water partition coefficient (Wildman–Crippen LogP) is 14.7. The quantitative estimate of drug-likeness (QED) is 0.175. The van der Waals surface area contributed by atoms with Gasteiger partial charge in [0.2, 0.25) is 0 Å². The van der Waals surface area contributed by atoms with E-state index in [2.05, 4.69) is 4.98 Å². The van der Waals surface area contributed by atoms with Crippen molar-refractivity contribution in [1.29, 1.82) is 0 Å². The molecule has 0 aliphatic rings. The molecular formula is C56H49N3O. The maximum Gasteiger partial charge on any atom is 0.149 e. The van der Waals surface area contributed by atoms with Crippen molar-refractivity contribution < 1.29 is 31.2 Å². The van der Waals surface area contributed by atoms with Gasteiger partial charge in [0.25, 0.3) is 0 Å². The molecular weight excluding hydrogens is 731 g/mol. The smallest absolute Gasteiger partial charge is 0.149 e. The van der Waals surface area contributed by atoms with E-state index in [0.29, 0.717) is 50.0 Å². The first-order valence-corrected chi connectivity index (χ1v) is 19.1. The Balaban J connectivity index is 1.31. The van der Waals surface area contributed by atoms with E-state index in [0.717, 1.165) is 11.1 Å². The van der Waals surface area contributed by atoms with Crippen molar-refractivity contribution in [3.63, 3.8) is 0 Å². The maximum absolute atomic E-state index is 11.8. The topological polar surface area (TPSA) is 50.9 Å². The molecule has 9 aromatic rings. The van der Waals surface area contributed by atoms with Crippen molar-refractivity contribution in [2.24, 2.45) is 0 Å². The van der Waals surface area contributed by atoms with Crippen molar-refractivity contribution in [3.8, 4) is 78.6 Å². The van der Waals surface area contributed by atoms with Crippen LogP contribution in [0.25, 0.3) is 83.9 Å². The number of imidazole rings is 1. The highest BCUT2D eigenvalue weighted by Gasteiger charge is 2.23. The fourth-order valence-electron chi connectivity index (χ4n) is 7.62. The molecule has 4 heteroatoms. The Bertz CT molecular complexity index is 3790. The molecule has 0 aliphatic heterocycles. The van der Waals surface area contributed by atoms with Gasteiger partial charge in [-0.1, -0.05) is 124 Å². The number of rotatable bonds is 7. The minimum Gasteiger partial charge on any atom is -0.507 e. The highest BCUT2D eigenvalue weighted by molar-refractivity contribution is 5.98. The van der Waals surface area contributed by atoms with E-state index in [1.807, 2.05) is 55.5 Å². The van der Waals surface area contributed by atoms with Crippen molar-refractivity contribution in [1.82, 2.24) is 14.5 Å². The molecule has 0 spiro atoms. The van der Waals surface area contributed by atoms with Crippen LogP contribution in [0.3, 0.4) is 0 Å². The number of phenols is 1. The lowest BCUT2D eigenvalue weighted by Gasteiger charge is -2.19. The second-order valence-corrected chi connectivity index (χ2v) is 14.8. The van der Waals surface area contributed by atoms with E-state index < -0.39 is 75.0 Å². The third-order valence-electron chi connectivity index (χ3n) is 10.5. The average molecular weight is 799 g/mol. The number of pyridine rings is 1. The molecule has 0 saturated heterocycles. The molecule has 7 aromatic carbocycles. The highest BCUT2D eigenvalue weighted by Crippen LogP contribution is 2.42. The number of phenolic OH excluding ortho intramolecular Hbond substituents is 1. The number of aromatic hydroxyl groups is 1. The fraction of sp³-hybridized carbons (Fsp3) is 0.143. The minimum absolute atomic E-state index is 0.0528. The van der Waals surface area contributed by atoms with Crippen LogP contribution >= 0.6 is 0 Å². The average Bonchev–Trinajstić information content (AvgIpc) is 3.93. The van der Waals surface area contributed by atoms with Crippen LogP contribution in [0.4, 0.5) is 0 Å². The lowest BCUT2D eigenvalue weighted by Crippen LogP contribution is -2.10. The molecule has 60 heavy (non-hydrogen) atoms. The molecule has 9 rings (SSSR count). The third kappa shape index (κ3) is 7.20. The molecule has 0 radical (unpaired) electrons. The molecule has 0 unspecified atom stereocenters. The van der Waals surface area contributed by atoms with Crippen LogP contribution in [0.2, 0.25) is 0 Å². The number of benzene rings is 7. The molecule has 0 bridgehead atoms. The van der Waals surface area contributed by atoms with Gasteiger partial charge in [-0.2, -0.15) is 0 Å². The van der Waals surface area contributed by atoms with Crippen LogP contribution in [0.1, 0.15) is 74.4 Å². The summed E-state index contributed by atoms with van der Waals surface area (Å²) in [7, 11) is 0. The second kappa shape index (κ2) is 15.3. The molecule has 2 heterocycles. The van der Waals surface area contributed by atoms with Gasteiger partial charge in [-0.25, -0.2) is 4.98 Å². The van der Waals surface area contributed by atoms with Gasteiger partial charge in [-0.05, 0) is 154 Å². The Labute approximate surface area is 380 Å². The number of para-hydroxylation sites is 1. The Morgan fingerprint density at radius 3 is 2.05 bits per heavy atom. The van der Waals surface area contributed by atoms with Gasteiger partial charge in [0, 0.05) is 43.6 Å². The molecule has 0 fully saturated rings. The third-order valence-corrected chi connectivity index (χ3v) is 10.5. The first-order chi connectivity index (χ1) is 36.8. The van der Waals surface area contributed by atoms with E-state index in [1.165, 1.54) is 24.4 Å². The van der Waals surface area contributed by atoms with E-state index in [9.17, 15) is 5.11 Å². The number of aryl methyl sites for hydroxylation is 3. The summed E-state index contributed by atoms with van der Waals surface area (Å²) in [5, 5.41) is 11.8. The van der Waals surface area contributed by atoms with Gasteiger partial charge in [-0.15, -0.1) is 0 Å². The van der Waals surface area contributed by atoms with Gasteiger partial charge in [-0.3, -0.25) is 9.55 Å². The van der Waals surface area contributed by atoms with Gasteiger partial charge < -0.3 is 5.11 Å². The summed E-state index contributed by atoms with van der Waals surface area (Å²) in [5.74, 6) is 0.112. The van der Waals surface area contributed by atoms with Crippen LogP contribution in [0, 0.1) is 27.6 Å². The van der Waals surface area contributed by atoms with Crippen LogP contribution < -0.4 is 0 Å². The lowest BCUT2D eigenvalue weighted by atomic mass is 9.86. The monoisotopic (exact) mass is 799 g/mol. The Morgan fingerprint density at radius 1 is 0.583 bits per heavy atom. The summed E-state index contributed by atoms with van der Waals surface area (Å²) in [6, 6.07) is 34.2. The molecule has 0 aliphatic carbocycles. The van der Waals surface area contributed by atoms with E-state index in [4.69, 9.17) is 31.0 Å². The molecule has 2 aromatic heterocycles. The Kier molecular flexibility index (Phi) is 5.70. The predicted molar refractivity (Wildman–Crippen MR) is 251 cm³/mol. The first-order valence-electron chi connectivity index (χ1n) is 28.6. The first kappa shape index (κ1) is 22.4. The largest absolute Gasteiger partial charge is 0.507 e. The van der Waals surface area contributed by atoms with E-state index >= 15 is 0 Å². The second-order valence-electron chi connectivity index (χ2n) is 14.8. The summed E-state index contributed by atoms with van der Waals surface area (Å²) in [5.41, 5.74) is 0.463. The van der Waals surface area contributed by atoms with Crippen LogP contribution in [-0.2, 0) is 5.41 Å². The normalized spacial score (nSPS) is 17.3. The number of aromatic nitrogens is 3. The SMILES string of the molecule is [2H]c1c([2H])c(C(C([2H])([2H])[2H])(C([2H])([2H])[2H])C([2H])([2H])[2H])c([2H])c([2H])c1-c1ccnc(-c2cc(-c3ccccc3)cc(-c3cccc4c3nc(-c3cc(C)cc(C)c3O)n4-c3cc(-c4ccccc4)c(C([2H])([2H])[2H])c(C([2H])([2H])[2H])c3)c2)c1. The zero-order chi connectivity index (χ0) is 57.7. The van der Waals surface area contributed by atoms with Crippen LogP contribution in [-0.4, -0.2) is 19.6 Å². The lowest BCUT2D eigenvalue weighted by molar-refractivity contribution is 0.472. The summed E-state index contributed by atoms with van der Waals surface area (Å²) < 4.78 is 164. The summed E-state index contributed by atoms with van der Waals surface area (Å²) in [6.07, 6.45) is 1.36. The highest BCUT2D eigenvalue weighted by atomic mass is 16.3. The standard InChI is InChI=1S/C56H49N3O/c1-35-27-37(3)54(60)50(28-35)55-58-53-48(19-14-20-52(53)59(55)47-29-36(2)38(4)49(34-47)41-17-12-9-13-18-41)44-30-43(39-15-10-8-11-16-39)31-45(32-44)51-33-42(25-26-57-51)40-21-23-46(24-22-40)56(5,6)7/h8-34,60H,1-7H3/i2D3,4D3,5D3,6D3,7D3,21D,22D,23D,24D. The van der Waals surface area contributed by atoms with Crippen LogP contribution in [0.15, 0.2) is 164 Å². The van der Waals surface area contributed by atoms with Crippen LogP contribution in [0.5, 0.6) is 5.75 Å². The van der Waals surface area contributed by atoms with Gasteiger partial charge in [0.15, 0.2) is 0 Å². The zero-order valence-electron chi connectivity index (χ0n) is 51.6. The summed E-state index contributed by atoms with van der Waals surface area (Å²) in [4.78, 5) is 9.92. The van der Waals surface area contributed by atoms with E-state index in [1.54, 1.807) is 78.2 Å². The minimum atomic E-state index is -3.85. The Morgan fingerprint density at radius 2 is 1.32 bits per heavy atom. The number of nitrogens with zero attached hydrogens (tertiary/aromatic N) is 3. The Hall–Kier alpha value is -7.04. The molecule has 0 atom stereocenters. The van der Waals surface area contributed by atoms with Crippen molar-refractivity contribution in [2.75, 3.05) is 0 Å². The number of hydrogen-bond donors (Lipinski definition) is 1. The molecule has 294 valence electrons. The molecule has 1 N–H and O–H groups in total. The van der Waals surface area contributed by atoms with Gasteiger partial charge in [0.1, 0.15) is 11.6 Å². The molecule has 0 amide bonds. The summed E-state index contributed by atoms with van der Waals surface area (Å²) >= 11 is 0. The van der Waals surface area contributed by atoms with Gasteiger partial charge in [0.05, 0.1) is 27.8 Å². The summed E-state index contributed by atoms with van der Waals surface area (Å²) in [6.45, 7) is -13.7. The maximum atomic E-state index is 11.8. The van der Waals surface area contributed by atoms with Gasteiger partial charge >= 0.3 is 0 Å². The van der Waals surface area contributed by atoms with Crippen molar-refractivity contribution in [3.05, 3.63) is 192 Å². The van der Waals surface area contributed by atoms with Crippen molar-refractivity contribution >= 4 is 11.0 Å². The van der Waals surface area contributed by atoms with Crippen molar-refractivity contribution in [2.45, 2.75) is 53.5 Å². The fourth-order valence-corrected chi connectivity index (χ4v) is 7.62. The molecule has 0 saturated carbocycles. The number of fused-ring (bicyclic) bond motifs is 1. The van der Waals surface area contributed by atoms with E-state index in [-0.39, 0.29) is 45.2 Å². The number of hydrogen-bond acceptors (Lipinski definition) is 3. The molecule has 4 nitrogen and oxygen atoms in total.